The Hall–Kier alpha value is -3.39. The average molecular weight is 426 g/mol. The molecule has 0 saturated carbocycles. The largest absolute Gasteiger partial charge is 0.493 e. The molecule has 2 aromatic carbocycles. The molecule has 8 heteroatoms. The van der Waals surface area contributed by atoms with Crippen LogP contribution >= 0.6 is 11.3 Å². The fourth-order valence-electron chi connectivity index (χ4n) is 2.85. The van der Waals surface area contributed by atoms with Gasteiger partial charge in [-0.25, -0.2) is 5.43 Å². The van der Waals surface area contributed by atoms with E-state index in [0.717, 1.165) is 15.6 Å². The Labute approximate surface area is 178 Å². The van der Waals surface area contributed by atoms with E-state index in [9.17, 15) is 9.59 Å². The van der Waals surface area contributed by atoms with Gasteiger partial charge in [-0.3, -0.25) is 9.59 Å². The van der Waals surface area contributed by atoms with Crippen molar-refractivity contribution >= 4 is 38.9 Å². The SMILES string of the molecule is CCOc1ccc(C(=O)NCC(=O)N/N=C(\C)c2csc3ccccc23)cc1OC. The summed E-state index contributed by atoms with van der Waals surface area (Å²) < 4.78 is 11.8. The number of nitrogens with one attached hydrogen (secondary N) is 2. The topological polar surface area (TPSA) is 89.0 Å². The van der Waals surface area contributed by atoms with Crippen molar-refractivity contribution in [2.24, 2.45) is 5.10 Å². The molecule has 3 rings (SSSR count). The van der Waals surface area contributed by atoms with Crippen molar-refractivity contribution in [2.45, 2.75) is 13.8 Å². The number of carbonyl (C=O) groups is 2. The lowest BCUT2D eigenvalue weighted by atomic mass is 10.1. The Morgan fingerprint density at radius 2 is 1.93 bits per heavy atom. The molecule has 0 aliphatic carbocycles. The summed E-state index contributed by atoms with van der Waals surface area (Å²) in [7, 11) is 1.50. The van der Waals surface area contributed by atoms with Gasteiger partial charge < -0.3 is 14.8 Å². The third kappa shape index (κ3) is 4.96. The second kappa shape index (κ2) is 9.89. The summed E-state index contributed by atoms with van der Waals surface area (Å²) in [5.74, 6) is 0.202. The van der Waals surface area contributed by atoms with Crippen LogP contribution in [0.4, 0.5) is 0 Å². The van der Waals surface area contributed by atoms with E-state index < -0.39 is 11.8 Å². The van der Waals surface area contributed by atoms with Crippen molar-refractivity contribution in [2.75, 3.05) is 20.3 Å². The van der Waals surface area contributed by atoms with Crippen molar-refractivity contribution in [1.82, 2.24) is 10.7 Å². The lowest BCUT2D eigenvalue weighted by molar-refractivity contribution is -0.120. The molecule has 30 heavy (non-hydrogen) atoms. The molecular weight excluding hydrogens is 402 g/mol. The molecule has 0 aliphatic rings. The number of benzene rings is 2. The third-order valence-electron chi connectivity index (χ3n) is 4.35. The molecule has 0 fully saturated rings. The van der Waals surface area contributed by atoms with Crippen LogP contribution in [-0.4, -0.2) is 37.8 Å². The Bertz CT molecular complexity index is 1090. The second-order valence-electron chi connectivity index (χ2n) is 6.36. The number of rotatable bonds is 8. The van der Waals surface area contributed by atoms with Crippen molar-refractivity contribution in [3.8, 4) is 11.5 Å². The highest BCUT2D eigenvalue weighted by Crippen LogP contribution is 2.28. The molecular formula is C22H23N3O4S. The second-order valence-corrected chi connectivity index (χ2v) is 7.27. The van der Waals surface area contributed by atoms with E-state index >= 15 is 0 Å². The Morgan fingerprint density at radius 3 is 2.70 bits per heavy atom. The van der Waals surface area contributed by atoms with E-state index in [0.29, 0.717) is 29.4 Å². The van der Waals surface area contributed by atoms with E-state index in [1.807, 2.05) is 43.5 Å². The van der Waals surface area contributed by atoms with Crippen LogP contribution in [0.1, 0.15) is 29.8 Å². The highest BCUT2D eigenvalue weighted by atomic mass is 32.1. The van der Waals surface area contributed by atoms with Gasteiger partial charge in [0, 0.05) is 26.6 Å². The highest BCUT2D eigenvalue weighted by molar-refractivity contribution is 7.17. The number of ether oxygens (including phenoxy) is 2. The predicted octanol–water partition coefficient (Wildman–Crippen LogP) is 3.58. The molecule has 0 spiro atoms. The van der Waals surface area contributed by atoms with Crippen LogP contribution in [0.15, 0.2) is 52.9 Å². The Kier molecular flexibility index (Phi) is 7.03. The Morgan fingerprint density at radius 1 is 1.13 bits per heavy atom. The van der Waals surface area contributed by atoms with E-state index in [1.54, 1.807) is 29.5 Å². The van der Waals surface area contributed by atoms with E-state index in [-0.39, 0.29) is 6.54 Å². The maximum absolute atomic E-state index is 12.3. The van der Waals surface area contributed by atoms with Crippen LogP contribution in [0.5, 0.6) is 11.5 Å². The highest BCUT2D eigenvalue weighted by Gasteiger charge is 2.12. The lowest BCUT2D eigenvalue weighted by Crippen LogP contribution is -2.35. The maximum Gasteiger partial charge on any atom is 0.259 e. The fourth-order valence-corrected chi connectivity index (χ4v) is 3.85. The van der Waals surface area contributed by atoms with Crippen LogP contribution in [0, 0.1) is 0 Å². The van der Waals surface area contributed by atoms with Gasteiger partial charge in [-0.05, 0) is 38.1 Å². The Balaban J connectivity index is 1.57. The van der Waals surface area contributed by atoms with Gasteiger partial charge in [-0.15, -0.1) is 11.3 Å². The van der Waals surface area contributed by atoms with Gasteiger partial charge in [-0.2, -0.15) is 5.10 Å². The molecule has 0 aliphatic heterocycles. The molecule has 2 N–H and O–H groups in total. The van der Waals surface area contributed by atoms with Crippen LogP contribution in [0.2, 0.25) is 0 Å². The third-order valence-corrected chi connectivity index (χ3v) is 5.32. The normalized spacial score (nSPS) is 11.2. The molecule has 0 unspecified atom stereocenters. The fraction of sp³-hybridized carbons (Fsp3) is 0.227. The summed E-state index contributed by atoms with van der Waals surface area (Å²) in [5, 5.41) is 9.84. The summed E-state index contributed by atoms with van der Waals surface area (Å²) in [4.78, 5) is 24.4. The number of fused-ring (bicyclic) bond motifs is 1. The zero-order valence-electron chi connectivity index (χ0n) is 17.0. The van der Waals surface area contributed by atoms with Gasteiger partial charge in [0.15, 0.2) is 11.5 Å². The van der Waals surface area contributed by atoms with E-state index in [2.05, 4.69) is 15.8 Å². The molecule has 7 nitrogen and oxygen atoms in total. The number of hydrazone groups is 1. The number of thiophene rings is 1. The van der Waals surface area contributed by atoms with Gasteiger partial charge in [0.2, 0.25) is 0 Å². The van der Waals surface area contributed by atoms with Crippen LogP contribution in [0.3, 0.4) is 0 Å². The number of amides is 2. The quantitative estimate of drug-likeness (QED) is 0.426. The molecule has 1 aromatic heterocycles. The van der Waals surface area contributed by atoms with Crippen LogP contribution in [0.25, 0.3) is 10.1 Å². The summed E-state index contributed by atoms with van der Waals surface area (Å²) >= 11 is 1.63. The number of nitrogens with zero attached hydrogens (tertiary/aromatic N) is 1. The van der Waals surface area contributed by atoms with Crippen molar-refractivity contribution in [1.29, 1.82) is 0 Å². The predicted molar refractivity (Wildman–Crippen MR) is 119 cm³/mol. The van der Waals surface area contributed by atoms with Gasteiger partial charge in [0.05, 0.1) is 26.0 Å². The minimum Gasteiger partial charge on any atom is -0.493 e. The molecule has 0 radical (unpaired) electrons. The molecule has 0 atom stereocenters. The maximum atomic E-state index is 12.3. The smallest absolute Gasteiger partial charge is 0.259 e. The molecule has 3 aromatic rings. The lowest BCUT2D eigenvalue weighted by Gasteiger charge is -2.11. The molecule has 156 valence electrons. The first-order valence-corrected chi connectivity index (χ1v) is 10.3. The zero-order chi connectivity index (χ0) is 21.5. The first-order valence-electron chi connectivity index (χ1n) is 9.42. The van der Waals surface area contributed by atoms with Gasteiger partial charge in [-0.1, -0.05) is 18.2 Å². The van der Waals surface area contributed by atoms with Crippen molar-refractivity contribution in [3.05, 3.63) is 59.0 Å². The molecule has 0 bridgehead atoms. The van der Waals surface area contributed by atoms with E-state index in [1.165, 1.54) is 7.11 Å². The number of hydrogen-bond acceptors (Lipinski definition) is 6. The van der Waals surface area contributed by atoms with Crippen LogP contribution < -0.4 is 20.2 Å². The van der Waals surface area contributed by atoms with Crippen molar-refractivity contribution < 1.29 is 19.1 Å². The van der Waals surface area contributed by atoms with Gasteiger partial charge in [0.25, 0.3) is 11.8 Å². The summed E-state index contributed by atoms with van der Waals surface area (Å²) in [6, 6.07) is 12.9. The summed E-state index contributed by atoms with van der Waals surface area (Å²) in [5.41, 5.74) is 4.52. The van der Waals surface area contributed by atoms with E-state index in [4.69, 9.17) is 9.47 Å². The standard InChI is InChI=1S/C22H23N3O4S/c1-4-29-18-10-9-15(11-19(18)28-3)22(27)23-12-21(26)25-24-14(2)17-13-30-20-8-6-5-7-16(17)20/h5-11,13H,4,12H2,1-3H3,(H,23,27)(H,25,26)/b24-14+. The first kappa shape index (κ1) is 21.3. The number of hydrogen-bond donors (Lipinski definition) is 2. The first-order chi connectivity index (χ1) is 14.5. The summed E-state index contributed by atoms with van der Waals surface area (Å²) in [6.45, 7) is 3.99. The van der Waals surface area contributed by atoms with Crippen molar-refractivity contribution in [3.63, 3.8) is 0 Å². The van der Waals surface area contributed by atoms with Gasteiger partial charge >= 0.3 is 0 Å². The monoisotopic (exact) mass is 425 g/mol. The number of methoxy groups -OCH3 is 1. The van der Waals surface area contributed by atoms with Crippen LogP contribution in [-0.2, 0) is 4.79 Å². The zero-order valence-corrected chi connectivity index (χ0v) is 17.8. The average Bonchev–Trinajstić information content (AvgIpc) is 3.20. The molecule has 1 heterocycles. The minimum absolute atomic E-state index is 0.199. The van der Waals surface area contributed by atoms with Gasteiger partial charge in [0.1, 0.15) is 0 Å². The minimum atomic E-state index is -0.417. The summed E-state index contributed by atoms with van der Waals surface area (Å²) in [6.07, 6.45) is 0. The molecule has 2 amide bonds. The molecule has 0 saturated heterocycles. The number of carbonyl (C=O) groups excluding carboxylic acids is 2.